The van der Waals surface area contributed by atoms with E-state index in [1.54, 1.807) is 0 Å². The molecule has 0 bridgehead atoms. The molecule has 0 amide bonds. The Morgan fingerprint density at radius 1 is 1.27 bits per heavy atom. The zero-order valence-electron chi connectivity index (χ0n) is 7.42. The first-order valence-corrected chi connectivity index (χ1v) is 5.03. The molecule has 1 nitrogen and oxygen atoms in total. The summed E-state index contributed by atoms with van der Waals surface area (Å²) in [7, 11) is 0. The fraction of sp³-hybridized carbons (Fsp3) is 1.00. The molecular formula is C10H19N. The Hall–Kier alpha value is -0.0400. The molecule has 0 aliphatic heterocycles. The maximum absolute atomic E-state index is 5.74. The van der Waals surface area contributed by atoms with Gasteiger partial charge >= 0.3 is 0 Å². The summed E-state index contributed by atoms with van der Waals surface area (Å²) in [5, 5.41) is 0. The Bertz CT molecular complexity index is 138. The highest BCUT2D eigenvalue weighted by Gasteiger charge is 2.43. The van der Waals surface area contributed by atoms with Gasteiger partial charge in [0, 0.05) is 0 Å². The van der Waals surface area contributed by atoms with Crippen LogP contribution in [-0.4, -0.2) is 6.54 Å². The van der Waals surface area contributed by atoms with Gasteiger partial charge in [-0.1, -0.05) is 13.3 Å². The summed E-state index contributed by atoms with van der Waals surface area (Å²) in [6, 6.07) is 0. The number of hydrogen-bond acceptors (Lipinski definition) is 1. The van der Waals surface area contributed by atoms with Gasteiger partial charge in [0.05, 0.1) is 0 Å². The number of hydrogen-bond donors (Lipinski definition) is 1. The second kappa shape index (κ2) is 2.78. The van der Waals surface area contributed by atoms with E-state index < -0.39 is 0 Å². The minimum atomic E-state index is 0.880. The van der Waals surface area contributed by atoms with E-state index in [2.05, 4.69) is 6.92 Å². The van der Waals surface area contributed by atoms with Gasteiger partial charge in [-0.25, -0.2) is 0 Å². The molecule has 2 aliphatic carbocycles. The lowest BCUT2D eigenvalue weighted by molar-refractivity contribution is -0.00268. The lowest BCUT2D eigenvalue weighted by Gasteiger charge is -2.50. The molecule has 2 saturated carbocycles. The van der Waals surface area contributed by atoms with Crippen LogP contribution >= 0.6 is 0 Å². The maximum atomic E-state index is 5.74. The predicted octanol–water partition coefficient (Wildman–Crippen LogP) is 2.02. The van der Waals surface area contributed by atoms with Crippen molar-refractivity contribution in [1.82, 2.24) is 0 Å². The molecule has 64 valence electrons. The van der Waals surface area contributed by atoms with Crippen molar-refractivity contribution in [3.63, 3.8) is 0 Å². The normalized spacial score (nSPS) is 49.6. The molecule has 0 spiro atoms. The van der Waals surface area contributed by atoms with Gasteiger partial charge < -0.3 is 5.73 Å². The molecule has 0 heterocycles. The fourth-order valence-electron chi connectivity index (χ4n) is 3.17. The molecular weight excluding hydrogens is 134 g/mol. The van der Waals surface area contributed by atoms with Crippen LogP contribution in [0.1, 0.15) is 32.6 Å². The first-order chi connectivity index (χ1) is 5.33. The maximum Gasteiger partial charge on any atom is -0.00461 e. The Kier molecular flexibility index (Phi) is 1.92. The molecule has 2 N–H and O–H groups in total. The van der Waals surface area contributed by atoms with Gasteiger partial charge in [-0.2, -0.15) is 0 Å². The van der Waals surface area contributed by atoms with Gasteiger partial charge in [0.15, 0.2) is 0 Å². The zero-order valence-corrected chi connectivity index (χ0v) is 7.42. The highest BCUT2D eigenvalue weighted by Crippen LogP contribution is 2.51. The average molecular weight is 153 g/mol. The summed E-state index contributed by atoms with van der Waals surface area (Å²) < 4.78 is 0. The third-order valence-electron chi connectivity index (χ3n) is 3.95. The first kappa shape index (κ1) is 7.60. The van der Waals surface area contributed by atoms with Crippen molar-refractivity contribution in [2.45, 2.75) is 32.6 Å². The van der Waals surface area contributed by atoms with E-state index in [0.29, 0.717) is 0 Å². The van der Waals surface area contributed by atoms with Crippen LogP contribution in [0, 0.1) is 23.7 Å². The van der Waals surface area contributed by atoms with Crippen molar-refractivity contribution in [2.24, 2.45) is 29.4 Å². The van der Waals surface area contributed by atoms with Crippen LogP contribution in [-0.2, 0) is 0 Å². The van der Waals surface area contributed by atoms with E-state index in [4.69, 9.17) is 5.73 Å². The summed E-state index contributed by atoms with van der Waals surface area (Å²) in [6.45, 7) is 3.34. The summed E-state index contributed by atoms with van der Waals surface area (Å²) in [6.07, 6.45) is 5.80. The molecule has 2 rings (SSSR count). The minimum absolute atomic E-state index is 0.880. The SMILES string of the molecule is CC1CC2C(CN)CCC[C@@H]12. The van der Waals surface area contributed by atoms with Crippen LogP contribution in [0.2, 0.25) is 0 Å². The van der Waals surface area contributed by atoms with Crippen molar-refractivity contribution in [1.29, 1.82) is 0 Å². The van der Waals surface area contributed by atoms with Crippen LogP contribution in [0.4, 0.5) is 0 Å². The van der Waals surface area contributed by atoms with Crippen LogP contribution in [0.25, 0.3) is 0 Å². The number of fused-ring (bicyclic) bond motifs is 1. The van der Waals surface area contributed by atoms with Gasteiger partial charge in [-0.3, -0.25) is 0 Å². The Morgan fingerprint density at radius 2 is 2.09 bits per heavy atom. The summed E-state index contributed by atoms with van der Waals surface area (Å²) in [4.78, 5) is 0. The van der Waals surface area contributed by atoms with Crippen molar-refractivity contribution in [3.05, 3.63) is 0 Å². The minimum Gasteiger partial charge on any atom is -0.330 e. The number of nitrogens with two attached hydrogens (primary N) is 1. The molecule has 2 aliphatic rings. The van der Waals surface area contributed by atoms with Crippen LogP contribution < -0.4 is 5.73 Å². The van der Waals surface area contributed by atoms with Gasteiger partial charge in [-0.15, -0.1) is 0 Å². The van der Waals surface area contributed by atoms with E-state index in [-0.39, 0.29) is 0 Å². The van der Waals surface area contributed by atoms with Crippen molar-refractivity contribution < 1.29 is 0 Å². The lowest BCUT2D eigenvalue weighted by Crippen LogP contribution is -2.44. The quantitative estimate of drug-likeness (QED) is 0.612. The summed E-state index contributed by atoms with van der Waals surface area (Å²) in [5.74, 6) is 3.96. The lowest BCUT2D eigenvalue weighted by atomic mass is 9.55. The molecule has 0 aromatic rings. The van der Waals surface area contributed by atoms with E-state index in [9.17, 15) is 0 Å². The molecule has 0 aromatic carbocycles. The van der Waals surface area contributed by atoms with E-state index in [1.807, 2.05) is 0 Å². The molecule has 4 atom stereocenters. The van der Waals surface area contributed by atoms with Gasteiger partial charge in [-0.05, 0) is 49.5 Å². The third kappa shape index (κ3) is 1.10. The molecule has 0 aromatic heterocycles. The van der Waals surface area contributed by atoms with E-state index in [1.165, 1.54) is 25.7 Å². The summed E-state index contributed by atoms with van der Waals surface area (Å²) in [5.41, 5.74) is 5.74. The van der Waals surface area contributed by atoms with Crippen LogP contribution in [0.3, 0.4) is 0 Å². The highest BCUT2D eigenvalue weighted by atomic mass is 14.6. The zero-order chi connectivity index (χ0) is 7.84. The Labute approximate surface area is 69.4 Å². The third-order valence-corrected chi connectivity index (χ3v) is 3.95. The van der Waals surface area contributed by atoms with Crippen LogP contribution in [0.5, 0.6) is 0 Å². The summed E-state index contributed by atoms with van der Waals surface area (Å²) >= 11 is 0. The molecule has 2 fully saturated rings. The highest BCUT2D eigenvalue weighted by molar-refractivity contribution is 4.93. The van der Waals surface area contributed by atoms with Crippen molar-refractivity contribution in [2.75, 3.05) is 6.54 Å². The van der Waals surface area contributed by atoms with Gasteiger partial charge in [0.1, 0.15) is 0 Å². The Balaban J connectivity index is 1.96. The van der Waals surface area contributed by atoms with E-state index in [0.717, 1.165) is 30.2 Å². The second-order valence-corrected chi connectivity index (χ2v) is 4.47. The topological polar surface area (TPSA) is 26.0 Å². The van der Waals surface area contributed by atoms with Gasteiger partial charge in [0.25, 0.3) is 0 Å². The Morgan fingerprint density at radius 3 is 2.73 bits per heavy atom. The molecule has 0 saturated heterocycles. The predicted molar refractivity (Wildman–Crippen MR) is 47.2 cm³/mol. The van der Waals surface area contributed by atoms with E-state index >= 15 is 0 Å². The molecule has 1 heteroatoms. The molecule has 3 unspecified atom stereocenters. The average Bonchev–Trinajstić information content (AvgIpc) is 2.03. The fourth-order valence-corrected chi connectivity index (χ4v) is 3.17. The second-order valence-electron chi connectivity index (χ2n) is 4.47. The molecule has 11 heavy (non-hydrogen) atoms. The monoisotopic (exact) mass is 153 g/mol. The molecule has 0 radical (unpaired) electrons. The number of rotatable bonds is 1. The standard InChI is InChI=1S/C10H19N/c1-7-5-10-8(6-11)3-2-4-9(7)10/h7-10H,2-6,11H2,1H3/t7?,8?,9-,10?/m0/s1. The van der Waals surface area contributed by atoms with Crippen molar-refractivity contribution >= 4 is 0 Å². The largest absolute Gasteiger partial charge is 0.330 e. The van der Waals surface area contributed by atoms with Crippen molar-refractivity contribution in [3.8, 4) is 0 Å². The van der Waals surface area contributed by atoms with Gasteiger partial charge in [0.2, 0.25) is 0 Å². The smallest absolute Gasteiger partial charge is 0.00461 e. The first-order valence-electron chi connectivity index (χ1n) is 5.03. The van der Waals surface area contributed by atoms with Crippen LogP contribution in [0.15, 0.2) is 0 Å².